The summed E-state index contributed by atoms with van der Waals surface area (Å²) in [4.78, 5) is 3.77. The van der Waals surface area contributed by atoms with Gasteiger partial charge in [-0.3, -0.25) is 0 Å². The van der Waals surface area contributed by atoms with Gasteiger partial charge in [0.2, 0.25) is 0 Å². The molecule has 0 amide bonds. The first-order valence-corrected chi connectivity index (χ1v) is 5.08. The number of nitrogens with two attached hydrogens (primary N) is 1. The third-order valence-electron chi connectivity index (χ3n) is 2.29. The zero-order valence-corrected chi connectivity index (χ0v) is 9.42. The molecule has 0 aliphatic heterocycles. The van der Waals surface area contributed by atoms with Crippen LogP contribution < -0.4 is 11.1 Å². The van der Waals surface area contributed by atoms with Crippen LogP contribution in [0.1, 0.15) is 5.56 Å². The zero-order valence-electron chi connectivity index (χ0n) is 9.42. The second kappa shape index (κ2) is 4.86. The van der Waals surface area contributed by atoms with E-state index in [1.54, 1.807) is 0 Å². The number of aromatic nitrogens is 1. The van der Waals surface area contributed by atoms with Crippen LogP contribution in [-0.2, 0) is 0 Å². The standard InChI is InChI=1S/C12H7F3N4/c13-7-2-8(14)11(15)10(3-7)19-12-9(17)1-6(4-16)5-18-12/h1-3,5H,17H2,(H,18,19). The van der Waals surface area contributed by atoms with Crippen molar-refractivity contribution in [3.05, 3.63) is 47.4 Å². The molecule has 1 aromatic carbocycles. The molecule has 0 bridgehead atoms. The predicted molar refractivity (Wildman–Crippen MR) is 63.0 cm³/mol. The first-order valence-electron chi connectivity index (χ1n) is 5.08. The van der Waals surface area contributed by atoms with Crippen molar-refractivity contribution in [2.75, 3.05) is 11.1 Å². The summed E-state index contributed by atoms with van der Waals surface area (Å²) in [6.45, 7) is 0. The lowest BCUT2D eigenvalue weighted by Crippen LogP contribution is -2.03. The molecule has 0 fully saturated rings. The Morgan fingerprint density at radius 3 is 2.58 bits per heavy atom. The molecule has 0 saturated heterocycles. The van der Waals surface area contributed by atoms with E-state index < -0.39 is 23.1 Å². The maximum absolute atomic E-state index is 13.4. The van der Waals surface area contributed by atoms with Gasteiger partial charge >= 0.3 is 0 Å². The molecule has 0 radical (unpaired) electrons. The van der Waals surface area contributed by atoms with Crippen molar-refractivity contribution in [1.29, 1.82) is 5.26 Å². The number of nitrogens with one attached hydrogen (secondary N) is 1. The topological polar surface area (TPSA) is 74.7 Å². The van der Waals surface area contributed by atoms with Crippen molar-refractivity contribution < 1.29 is 13.2 Å². The summed E-state index contributed by atoms with van der Waals surface area (Å²) in [6.07, 6.45) is 1.20. The summed E-state index contributed by atoms with van der Waals surface area (Å²) in [7, 11) is 0. The second-order valence-electron chi connectivity index (χ2n) is 3.65. The SMILES string of the molecule is N#Cc1cnc(Nc2cc(F)cc(F)c2F)c(N)c1. The lowest BCUT2D eigenvalue weighted by Gasteiger charge is -2.09. The predicted octanol–water partition coefficient (Wildman–Crippen LogP) is 2.70. The molecule has 0 aliphatic carbocycles. The molecule has 7 heteroatoms. The Balaban J connectivity index is 2.39. The van der Waals surface area contributed by atoms with Gasteiger partial charge in [0.25, 0.3) is 0 Å². The van der Waals surface area contributed by atoms with Crippen LogP contribution in [0.4, 0.5) is 30.4 Å². The van der Waals surface area contributed by atoms with Gasteiger partial charge in [-0.05, 0) is 6.07 Å². The average Bonchev–Trinajstić information content (AvgIpc) is 2.37. The highest BCUT2D eigenvalue weighted by Crippen LogP contribution is 2.25. The first kappa shape index (κ1) is 12.7. The summed E-state index contributed by atoms with van der Waals surface area (Å²) in [5.74, 6) is -3.50. The molecule has 2 rings (SSSR count). The van der Waals surface area contributed by atoms with E-state index in [2.05, 4.69) is 10.3 Å². The van der Waals surface area contributed by atoms with Crippen LogP contribution in [-0.4, -0.2) is 4.98 Å². The number of benzene rings is 1. The summed E-state index contributed by atoms with van der Waals surface area (Å²) >= 11 is 0. The van der Waals surface area contributed by atoms with E-state index >= 15 is 0 Å². The highest BCUT2D eigenvalue weighted by atomic mass is 19.2. The average molecular weight is 264 g/mol. The van der Waals surface area contributed by atoms with Crippen LogP contribution in [0.3, 0.4) is 0 Å². The summed E-state index contributed by atoms with van der Waals surface area (Å²) < 4.78 is 39.4. The molecule has 1 heterocycles. The summed E-state index contributed by atoms with van der Waals surface area (Å²) in [5.41, 5.74) is 5.43. The number of hydrogen-bond donors (Lipinski definition) is 2. The van der Waals surface area contributed by atoms with E-state index in [-0.39, 0.29) is 17.1 Å². The quantitative estimate of drug-likeness (QED) is 0.818. The fraction of sp³-hybridized carbons (Fsp3) is 0. The van der Waals surface area contributed by atoms with Crippen LogP contribution in [0, 0.1) is 28.8 Å². The Kier molecular flexibility index (Phi) is 3.25. The molecular weight excluding hydrogens is 257 g/mol. The highest BCUT2D eigenvalue weighted by molar-refractivity contribution is 5.70. The lowest BCUT2D eigenvalue weighted by molar-refractivity contribution is 0.498. The largest absolute Gasteiger partial charge is 0.396 e. The van der Waals surface area contributed by atoms with Gasteiger partial charge in [0.1, 0.15) is 11.9 Å². The number of nitriles is 1. The smallest absolute Gasteiger partial charge is 0.182 e. The minimum absolute atomic E-state index is 0.00269. The third-order valence-corrected chi connectivity index (χ3v) is 2.29. The van der Waals surface area contributed by atoms with Gasteiger partial charge in [0.05, 0.1) is 16.9 Å². The molecule has 19 heavy (non-hydrogen) atoms. The van der Waals surface area contributed by atoms with E-state index in [9.17, 15) is 13.2 Å². The van der Waals surface area contributed by atoms with Gasteiger partial charge in [-0.25, -0.2) is 18.2 Å². The van der Waals surface area contributed by atoms with Crippen molar-refractivity contribution in [3.63, 3.8) is 0 Å². The van der Waals surface area contributed by atoms with Crippen LogP contribution >= 0.6 is 0 Å². The number of pyridine rings is 1. The third kappa shape index (κ3) is 2.57. The van der Waals surface area contributed by atoms with Crippen molar-refractivity contribution in [1.82, 2.24) is 4.98 Å². The fourth-order valence-corrected chi connectivity index (χ4v) is 1.42. The summed E-state index contributed by atoms with van der Waals surface area (Å²) in [5, 5.41) is 11.0. The normalized spacial score (nSPS) is 10.0. The molecule has 4 nitrogen and oxygen atoms in total. The lowest BCUT2D eigenvalue weighted by atomic mass is 10.2. The molecule has 0 unspecified atom stereocenters. The maximum atomic E-state index is 13.4. The van der Waals surface area contributed by atoms with Crippen LogP contribution in [0.25, 0.3) is 0 Å². The van der Waals surface area contributed by atoms with E-state index in [0.29, 0.717) is 6.07 Å². The van der Waals surface area contributed by atoms with Crippen LogP contribution in [0.5, 0.6) is 0 Å². The van der Waals surface area contributed by atoms with Gasteiger partial charge in [0, 0.05) is 18.3 Å². The second-order valence-corrected chi connectivity index (χ2v) is 3.65. The number of anilines is 3. The number of nitrogens with zero attached hydrogens (tertiary/aromatic N) is 2. The van der Waals surface area contributed by atoms with Gasteiger partial charge in [-0.2, -0.15) is 5.26 Å². The van der Waals surface area contributed by atoms with Crippen molar-refractivity contribution >= 4 is 17.2 Å². The number of nitrogen functional groups attached to an aromatic ring is 1. The fourth-order valence-electron chi connectivity index (χ4n) is 1.42. The maximum Gasteiger partial charge on any atom is 0.182 e. The van der Waals surface area contributed by atoms with Crippen LogP contribution in [0.2, 0.25) is 0 Å². The molecule has 2 aromatic rings. The molecule has 0 aliphatic rings. The molecule has 1 aromatic heterocycles. The Bertz CT molecular complexity index is 679. The van der Waals surface area contributed by atoms with Gasteiger partial charge in [0.15, 0.2) is 17.5 Å². The molecule has 3 N–H and O–H groups in total. The molecule has 96 valence electrons. The van der Waals surface area contributed by atoms with Crippen molar-refractivity contribution in [3.8, 4) is 6.07 Å². The van der Waals surface area contributed by atoms with E-state index in [1.807, 2.05) is 6.07 Å². The zero-order chi connectivity index (χ0) is 14.0. The molecule has 0 saturated carbocycles. The molecular formula is C12H7F3N4. The minimum Gasteiger partial charge on any atom is -0.396 e. The van der Waals surface area contributed by atoms with Crippen LogP contribution in [0.15, 0.2) is 24.4 Å². The van der Waals surface area contributed by atoms with Crippen molar-refractivity contribution in [2.45, 2.75) is 0 Å². The van der Waals surface area contributed by atoms with Gasteiger partial charge in [-0.1, -0.05) is 0 Å². The molecule has 0 atom stereocenters. The monoisotopic (exact) mass is 264 g/mol. The Morgan fingerprint density at radius 2 is 1.95 bits per heavy atom. The summed E-state index contributed by atoms with van der Waals surface area (Å²) in [6, 6.07) is 4.33. The van der Waals surface area contributed by atoms with E-state index in [4.69, 9.17) is 11.0 Å². The van der Waals surface area contributed by atoms with Gasteiger partial charge in [-0.15, -0.1) is 0 Å². The first-order chi connectivity index (χ1) is 9.01. The highest BCUT2D eigenvalue weighted by Gasteiger charge is 2.13. The number of rotatable bonds is 2. The number of halogens is 3. The molecule has 0 spiro atoms. The van der Waals surface area contributed by atoms with E-state index in [0.717, 1.165) is 6.07 Å². The van der Waals surface area contributed by atoms with Crippen molar-refractivity contribution in [2.24, 2.45) is 0 Å². The Morgan fingerprint density at radius 1 is 1.21 bits per heavy atom. The minimum atomic E-state index is -1.32. The van der Waals surface area contributed by atoms with Gasteiger partial charge < -0.3 is 11.1 Å². The van der Waals surface area contributed by atoms with E-state index in [1.165, 1.54) is 12.3 Å². The Hall–Kier alpha value is -2.75. The number of hydrogen-bond acceptors (Lipinski definition) is 4. The Labute approximate surface area is 106 Å².